The largest absolute Gasteiger partial charge is 0.374 e. The Hall–Kier alpha value is -0.560. The number of hydrogen-bond donors (Lipinski definition) is 0. The first-order valence-electron chi connectivity index (χ1n) is 3.31. The topological polar surface area (TPSA) is 9.23 Å². The summed E-state index contributed by atoms with van der Waals surface area (Å²) >= 11 is 0. The minimum Gasteiger partial charge on any atom is -0.374 e. The van der Waals surface area contributed by atoms with Crippen LogP contribution in [0.5, 0.6) is 0 Å². The van der Waals surface area contributed by atoms with Crippen molar-refractivity contribution in [3.8, 4) is 0 Å². The van der Waals surface area contributed by atoms with Gasteiger partial charge < -0.3 is 4.74 Å². The molecule has 1 aliphatic heterocycles. The smallest absolute Gasteiger partial charge is 0.0651 e. The summed E-state index contributed by atoms with van der Waals surface area (Å²) in [6.45, 7) is 4.43. The van der Waals surface area contributed by atoms with Crippen LogP contribution in [0.4, 0.5) is 0 Å². The monoisotopic (exact) mass is 124 g/mol. The highest BCUT2D eigenvalue weighted by atomic mass is 16.5. The van der Waals surface area contributed by atoms with Crippen molar-refractivity contribution >= 4 is 0 Å². The van der Waals surface area contributed by atoms with E-state index >= 15 is 0 Å². The predicted octanol–water partition coefficient (Wildman–Crippen LogP) is 1.91. The first kappa shape index (κ1) is 6.56. The molecule has 0 aromatic heterocycles. The normalized spacial score (nSPS) is 26.0. The Balaban J connectivity index is 2.26. The molecule has 0 spiro atoms. The van der Waals surface area contributed by atoms with Crippen LogP contribution < -0.4 is 0 Å². The molecule has 0 aromatic rings. The van der Waals surface area contributed by atoms with Crippen LogP contribution >= 0.6 is 0 Å². The van der Waals surface area contributed by atoms with E-state index < -0.39 is 0 Å². The van der Waals surface area contributed by atoms with Gasteiger partial charge in [-0.25, -0.2) is 0 Å². The second kappa shape index (κ2) is 3.46. The maximum atomic E-state index is 5.36. The number of ether oxygens (including phenoxy) is 1. The molecule has 0 saturated heterocycles. The highest BCUT2D eigenvalue weighted by Crippen LogP contribution is 2.09. The molecular weight excluding hydrogens is 112 g/mol. The lowest BCUT2D eigenvalue weighted by Crippen LogP contribution is -2.14. The molecule has 0 aliphatic carbocycles. The maximum absolute atomic E-state index is 5.36. The van der Waals surface area contributed by atoms with Crippen molar-refractivity contribution in [2.24, 2.45) is 0 Å². The summed E-state index contributed by atoms with van der Waals surface area (Å²) in [5, 5.41) is 0. The quantitative estimate of drug-likeness (QED) is 0.511. The highest BCUT2D eigenvalue weighted by Gasteiger charge is 2.06. The van der Waals surface area contributed by atoms with Gasteiger partial charge in [-0.15, -0.1) is 6.58 Å². The Morgan fingerprint density at radius 3 is 3.11 bits per heavy atom. The van der Waals surface area contributed by atoms with E-state index in [0.29, 0.717) is 6.10 Å². The molecule has 0 bridgehead atoms. The summed E-state index contributed by atoms with van der Waals surface area (Å²) < 4.78 is 5.36. The predicted molar refractivity (Wildman–Crippen MR) is 38.3 cm³/mol. The van der Waals surface area contributed by atoms with Gasteiger partial charge in [-0.05, 0) is 12.8 Å². The van der Waals surface area contributed by atoms with Crippen LogP contribution in [0.3, 0.4) is 0 Å². The van der Waals surface area contributed by atoms with Gasteiger partial charge in [0.25, 0.3) is 0 Å². The molecule has 0 amide bonds. The van der Waals surface area contributed by atoms with E-state index in [4.69, 9.17) is 4.74 Å². The molecule has 0 fully saturated rings. The molecule has 0 radical (unpaired) electrons. The van der Waals surface area contributed by atoms with E-state index in [0.717, 1.165) is 19.4 Å². The summed E-state index contributed by atoms with van der Waals surface area (Å²) in [6, 6.07) is 0. The summed E-state index contributed by atoms with van der Waals surface area (Å²) in [5.41, 5.74) is 0. The standard InChI is InChI=1S/C8H12O/c1-2-5-8-6-3-4-7-9-8/h2-4,8H,1,5-7H2. The second-order valence-electron chi connectivity index (χ2n) is 2.19. The fourth-order valence-corrected chi connectivity index (χ4v) is 0.926. The lowest BCUT2D eigenvalue weighted by atomic mass is 10.1. The molecule has 9 heavy (non-hydrogen) atoms. The Kier molecular flexibility index (Phi) is 2.52. The van der Waals surface area contributed by atoms with Crippen LogP contribution in [0.1, 0.15) is 12.8 Å². The first-order chi connectivity index (χ1) is 4.43. The van der Waals surface area contributed by atoms with Crippen molar-refractivity contribution in [3.05, 3.63) is 24.8 Å². The fraction of sp³-hybridized carbons (Fsp3) is 0.500. The summed E-state index contributed by atoms with van der Waals surface area (Å²) in [7, 11) is 0. The van der Waals surface area contributed by atoms with Gasteiger partial charge in [0.1, 0.15) is 0 Å². The summed E-state index contributed by atoms with van der Waals surface area (Å²) in [6.07, 6.45) is 8.55. The van der Waals surface area contributed by atoms with Crippen LogP contribution in [-0.4, -0.2) is 12.7 Å². The number of rotatable bonds is 2. The van der Waals surface area contributed by atoms with Gasteiger partial charge in [-0.1, -0.05) is 18.2 Å². The minimum absolute atomic E-state index is 0.396. The van der Waals surface area contributed by atoms with Gasteiger partial charge in [-0.2, -0.15) is 0 Å². The fourth-order valence-electron chi connectivity index (χ4n) is 0.926. The molecule has 0 N–H and O–H groups in total. The lowest BCUT2D eigenvalue weighted by molar-refractivity contribution is 0.0704. The van der Waals surface area contributed by atoms with Gasteiger partial charge in [0.15, 0.2) is 0 Å². The van der Waals surface area contributed by atoms with Gasteiger partial charge in [0.2, 0.25) is 0 Å². The Morgan fingerprint density at radius 1 is 1.67 bits per heavy atom. The molecule has 1 heterocycles. The summed E-state index contributed by atoms with van der Waals surface area (Å²) in [5.74, 6) is 0. The minimum atomic E-state index is 0.396. The molecular formula is C8H12O. The average Bonchev–Trinajstić information content (AvgIpc) is 1.91. The maximum Gasteiger partial charge on any atom is 0.0651 e. The Labute approximate surface area is 56.0 Å². The third-order valence-corrected chi connectivity index (χ3v) is 1.42. The molecule has 1 rings (SSSR count). The van der Waals surface area contributed by atoms with Crippen LogP contribution in [0.25, 0.3) is 0 Å². The molecule has 50 valence electrons. The third-order valence-electron chi connectivity index (χ3n) is 1.42. The van der Waals surface area contributed by atoms with E-state index in [-0.39, 0.29) is 0 Å². The molecule has 0 saturated carbocycles. The van der Waals surface area contributed by atoms with E-state index in [1.807, 2.05) is 6.08 Å². The zero-order chi connectivity index (χ0) is 6.53. The van der Waals surface area contributed by atoms with Crippen LogP contribution in [0.2, 0.25) is 0 Å². The van der Waals surface area contributed by atoms with Crippen LogP contribution in [0, 0.1) is 0 Å². The SMILES string of the molecule is C=CCC1CC=CCO1. The molecule has 1 atom stereocenters. The molecule has 1 unspecified atom stereocenters. The zero-order valence-electron chi connectivity index (χ0n) is 5.55. The van der Waals surface area contributed by atoms with Crippen molar-refractivity contribution in [3.63, 3.8) is 0 Å². The lowest BCUT2D eigenvalue weighted by Gasteiger charge is -2.16. The second-order valence-corrected chi connectivity index (χ2v) is 2.19. The van der Waals surface area contributed by atoms with Crippen LogP contribution in [-0.2, 0) is 4.74 Å². The van der Waals surface area contributed by atoms with Crippen molar-refractivity contribution in [2.75, 3.05) is 6.61 Å². The molecule has 1 nitrogen and oxygen atoms in total. The van der Waals surface area contributed by atoms with Crippen molar-refractivity contribution in [1.29, 1.82) is 0 Å². The molecule has 1 aliphatic rings. The third kappa shape index (κ3) is 2.02. The Morgan fingerprint density at radius 2 is 2.56 bits per heavy atom. The molecule has 0 aromatic carbocycles. The van der Waals surface area contributed by atoms with E-state index in [1.165, 1.54) is 0 Å². The zero-order valence-corrected chi connectivity index (χ0v) is 5.55. The van der Waals surface area contributed by atoms with Crippen molar-refractivity contribution < 1.29 is 4.74 Å². The van der Waals surface area contributed by atoms with E-state index in [1.54, 1.807) is 0 Å². The number of hydrogen-bond acceptors (Lipinski definition) is 1. The van der Waals surface area contributed by atoms with Gasteiger partial charge in [0.05, 0.1) is 12.7 Å². The average molecular weight is 124 g/mol. The molecule has 1 heteroatoms. The van der Waals surface area contributed by atoms with Gasteiger partial charge in [0, 0.05) is 0 Å². The van der Waals surface area contributed by atoms with Crippen LogP contribution in [0.15, 0.2) is 24.8 Å². The Bertz CT molecular complexity index is 116. The van der Waals surface area contributed by atoms with Crippen molar-refractivity contribution in [2.45, 2.75) is 18.9 Å². The summed E-state index contributed by atoms with van der Waals surface area (Å²) in [4.78, 5) is 0. The van der Waals surface area contributed by atoms with Gasteiger partial charge >= 0.3 is 0 Å². The van der Waals surface area contributed by atoms with Crippen molar-refractivity contribution in [1.82, 2.24) is 0 Å². The van der Waals surface area contributed by atoms with E-state index in [2.05, 4.69) is 18.7 Å². The highest BCUT2D eigenvalue weighted by molar-refractivity contribution is 4.91. The van der Waals surface area contributed by atoms with Gasteiger partial charge in [-0.3, -0.25) is 0 Å². The van der Waals surface area contributed by atoms with E-state index in [9.17, 15) is 0 Å². The first-order valence-corrected chi connectivity index (χ1v) is 3.31.